The fourth-order valence-corrected chi connectivity index (χ4v) is 6.23. The van der Waals surface area contributed by atoms with Gasteiger partial charge in [-0.1, -0.05) is 74.5 Å². The number of amides is 6. The molecule has 10 N–H and O–H groups in total. The predicted octanol–water partition coefficient (Wildman–Crippen LogP) is 3.23. The molecule has 3 atom stereocenters. The number of aliphatic hydroxyl groups is 1. The number of fused-ring (bicyclic) bond motifs is 3. The molecule has 284 valence electrons. The Bertz CT molecular complexity index is 1670. The Kier molecular flexibility index (Phi) is 15.2. The van der Waals surface area contributed by atoms with Crippen molar-refractivity contribution >= 4 is 35.5 Å². The summed E-state index contributed by atoms with van der Waals surface area (Å²) >= 11 is 0. The first kappa shape index (κ1) is 40.3. The third-order valence-corrected chi connectivity index (χ3v) is 9.14. The molecule has 0 radical (unpaired) electrons. The van der Waals surface area contributed by atoms with Gasteiger partial charge in [-0.25, -0.2) is 9.59 Å². The van der Waals surface area contributed by atoms with Crippen LogP contribution in [0.25, 0.3) is 11.1 Å². The van der Waals surface area contributed by atoms with E-state index in [2.05, 4.69) is 50.8 Å². The van der Waals surface area contributed by atoms with Crippen LogP contribution in [0.15, 0.2) is 72.8 Å². The average Bonchev–Trinajstić information content (AvgIpc) is 3.47. The molecule has 0 unspecified atom stereocenters. The molecule has 3 aromatic rings. The molecule has 4 rings (SSSR count). The SMILES string of the molecule is CC(C)[C@H](NC(=O)[C@@H](N)CCCCNC(=O)OCC1c2ccccc2-c2ccccc21)C(=O)N[C@@H](CCCNC(N)=O)C(=O)Nc1ccc(CO)cc1. The summed E-state index contributed by atoms with van der Waals surface area (Å²) < 4.78 is 5.58. The zero-order valence-electron chi connectivity index (χ0n) is 30.2. The van der Waals surface area contributed by atoms with E-state index in [1.54, 1.807) is 38.1 Å². The van der Waals surface area contributed by atoms with Gasteiger partial charge in [-0.05, 0) is 78.0 Å². The van der Waals surface area contributed by atoms with Gasteiger partial charge in [0.1, 0.15) is 18.7 Å². The van der Waals surface area contributed by atoms with Crippen LogP contribution in [-0.2, 0) is 25.7 Å². The van der Waals surface area contributed by atoms with Crippen molar-refractivity contribution in [3.63, 3.8) is 0 Å². The van der Waals surface area contributed by atoms with E-state index in [4.69, 9.17) is 16.2 Å². The van der Waals surface area contributed by atoms with E-state index in [1.165, 1.54) is 0 Å². The van der Waals surface area contributed by atoms with Gasteiger partial charge in [0, 0.05) is 24.7 Å². The van der Waals surface area contributed by atoms with E-state index in [0.29, 0.717) is 43.5 Å². The van der Waals surface area contributed by atoms with Gasteiger partial charge in [0.05, 0.1) is 12.6 Å². The summed E-state index contributed by atoms with van der Waals surface area (Å²) in [5, 5.41) is 22.7. The van der Waals surface area contributed by atoms with Crippen LogP contribution in [-0.4, -0.2) is 72.8 Å². The minimum Gasteiger partial charge on any atom is -0.449 e. The molecule has 1 aliphatic carbocycles. The normalized spacial score (nSPS) is 13.5. The van der Waals surface area contributed by atoms with Crippen molar-refractivity contribution in [3.8, 4) is 11.1 Å². The van der Waals surface area contributed by atoms with Crippen molar-refractivity contribution < 1.29 is 33.8 Å². The zero-order chi connectivity index (χ0) is 38.3. The van der Waals surface area contributed by atoms with Gasteiger partial charge in [0.25, 0.3) is 0 Å². The van der Waals surface area contributed by atoms with Crippen molar-refractivity contribution in [3.05, 3.63) is 89.5 Å². The van der Waals surface area contributed by atoms with Gasteiger partial charge in [0.2, 0.25) is 17.7 Å². The minimum atomic E-state index is -0.995. The molecule has 0 bridgehead atoms. The molecule has 0 spiro atoms. The van der Waals surface area contributed by atoms with Crippen LogP contribution >= 0.6 is 0 Å². The Labute approximate surface area is 309 Å². The van der Waals surface area contributed by atoms with Gasteiger partial charge in [-0.15, -0.1) is 0 Å². The molecular weight excluding hydrogens is 678 g/mol. The first-order valence-electron chi connectivity index (χ1n) is 18.0. The quantitative estimate of drug-likeness (QED) is 0.0853. The Balaban J connectivity index is 1.21. The number of unbranched alkanes of at least 4 members (excludes halogenated alkanes) is 1. The number of hydrogen-bond donors (Lipinski definition) is 8. The van der Waals surface area contributed by atoms with Crippen molar-refractivity contribution in [1.82, 2.24) is 21.3 Å². The largest absolute Gasteiger partial charge is 0.449 e. The number of nitrogens with two attached hydrogens (primary N) is 2. The zero-order valence-corrected chi connectivity index (χ0v) is 30.2. The molecule has 14 heteroatoms. The molecule has 0 aliphatic heterocycles. The number of hydrogen-bond acceptors (Lipinski definition) is 8. The number of nitrogens with one attached hydrogen (secondary N) is 5. The number of urea groups is 1. The number of alkyl carbamates (subject to hydrolysis) is 1. The van der Waals surface area contributed by atoms with Gasteiger partial charge in [-0.3, -0.25) is 14.4 Å². The number of ether oxygens (including phenoxy) is 1. The van der Waals surface area contributed by atoms with Crippen LogP contribution in [0.5, 0.6) is 0 Å². The van der Waals surface area contributed by atoms with Crippen molar-refractivity contribution in [2.24, 2.45) is 17.4 Å². The van der Waals surface area contributed by atoms with Crippen molar-refractivity contribution in [1.29, 1.82) is 0 Å². The highest BCUT2D eigenvalue weighted by Crippen LogP contribution is 2.44. The summed E-state index contributed by atoms with van der Waals surface area (Å²) in [7, 11) is 0. The van der Waals surface area contributed by atoms with E-state index in [9.17, 15) is 29.1 Å². The molecule has 14 nitrogen and oxygen atoms in total. The maximum Gasteiger partial charge on any atom is 0.407 e. The molecule has 3 aromatic carbocycles. The highest BCUT2D eigenvalue weighted by molar-refractivity contribution is 5.98. The van der Waals surface area contributed by atoms with Crippen LogP contribution in [0.1, 0.15) is 68.6 Å². The standard InChI is InChI=1S/C39H51N7O7/c1-24(2)34(37(50)45-33(15-9-21-42-38(41)51)36(49)44-26-18-16-25(22-47)17-19-26)46-35(48)32(40)14-7-8-20-43-39(52)53-23-31-29-12-5-3-10-27(29)28-11-4-6-13-30(28)31/h3-6,10-13,16-19,24,31-34,47H,7-9,14-15,20-23,40H2,1-2H3,(H,43,52)(H,44,49)(H,45,50)(H,46,48)(H3,41,42,51)/t32-,33-,34-/m0/s1. The first-order valence-corrected chi connectivity index (χ1v) is 18.0. The maximum atomic E-state index is 13.4. The predicted molar refractivity (Wildman–Crippen MR) is 201 cm³/mol. The smallest absolute Gasteiger partial charge is 0.407 e. The highest BCUT2D eigenvalue weighted by atomic mass is 16.5. The Hall–Kier alpha value is -5.47. The molecule has 0 aromatic heterocycles. The third-order valence-electron chi connectivity index (χ3n) is 9.14. The molecular formula is C39H51N7O7. The molecule has 0 saturated carbocycles. The van der Waals surface area contributed by atoms with Crippen molar-refractivity contribution in [2.45, 2.75) is 76.6 Å². The lowest BCUT2D eigenvalue weighted by Gasteiger charge is -2.26. The van der Waals surface area contributed by atoms with Gasteiger partial charge in [0.15, 0.2) is 0 Å². The van der Waals surface area contributed by atoms with Crippen LogP contribution in [0.2, 0.25) is 0 Å². The van der Waals surface area contributed by atoms with Crippen LogP contribution in [0, 0.1) is 5.92 Å². The number of benzene rings is 3. The molecule has 0 saturated heterocycles. The van der Waals surface area contributed by atoms with Crippen LogP contribution in [0.4, 0.5) is 15.3 Å². The lowest BCUT2D eigenvalue weighted by atomic mass is 9.98. The second-order valence-electron chi connectivity index (χ2n) is 13.4. The van der Waals surface area contributed by atoms with E-state index in [0.717, 1.165) is 22.3 Å². The van der Waals surface area contributed by atoms with Gasteiger partial charge in [-0.2, -0.15) is 0 Å². The second kappa shape index (κ2) is 20.0. The summed E-state index contributed by atoms with van der Waals surface area (Å²) in [6, 6.07) is 19.2. The topological polar surface area (TPSA) is 227 Å². The Morgan fingerprint density at radius 1 is 0.755 bits per heavy atom. The highest BCUT2D eigenvalue weighted by Gasteiger charge is 2.31. The molecule has 1 aliphatic rings. The lowest BCUT2D eigenvalue weighted by molar-refractivity contribution is -0.132. The van der Waals surface area contributed by atoms with Crippen LogP contribution < -0.4 is 38.1 Å². The maximum absolute atomic E-state index is 13.4. The first-order chi connectivity index (χ1) is 25.5. The number of primary amides is 1. The fourth-order valence-electron chi connectivity index (χ4n) is 6.23. The number of carbonyl (C=O) groups is 5. The van der Waals surface area contributed by atoms with Crippen molar-refractivity contribution in [2.75, 3.05) is 25.0 Å². The second-order valence-corrected chi connectivity index (χ2v) is 13.4. The summed E-state index contributed by atoms with van der Waals surface area (Å²) in [6.07, 6.45) is 1.41. The van der Waals surface area contributed by atoms with Gasteiger partial charge >= 0.3 is 12.1 Å². The lowest BCUT2D eigenvalue weighted by Crippen LogP contribution is -2.56. The van der Waals surface area contributed by atoms with Crippen LogP contribution in [0.3, 0.4) is 0 Å². The summed E-state index contributed by atoms with van der Waals surface area (Å²) in [5.74, 6) is -1.94. The molecule has 6 amide bonds. The minimum absolute atomic E-state index is 0.0361. The Morgan fingerprint density at radius 3 is 1.98 bits per heavy atom. The van der Waals surface area contributed by atoms with E-state index in [-0.39, 0.29) is 38.0 Å². The van der Waals surface area contributed by atoms with E-state index in [1.807, 2.05) is 24.3 Å². The van der Waals surface area contributed by atoms with Gasteiger partial charge < -0.3 is 47.9 Å². The molecule has 0 fully saturated rings. The average molecular weight is 730 g/mol. The molecule has 53 heavy (non-hydrogen) atoms. The Morgan fingerprint density at radius 2 is 1.38 bits per heavy atom. The number of anilines is 1. The van der Waals surface area contributed by atoms with E-state index < -0.39 is 48.0 Å². The third kappa shape index (κ3) is 11.8. The monoisotopic (exact) mass is 729 g/mol. The summed E-state index contributed by atoms with van der Waals surface area (Å²) in [4.78, 5) is 63.3. The number of rotatable bonds is 19. The fraction of sp³-hybridized carbons (Fsp3) is 0.410. The molecule has 0 heterocycles. The number of aliphatic hydroxyl groups excluding tert-OH is 1. The number of carbonyl (C=O) groups excluding carboxylic acids is 5. The summed E-state index contributed by atoms with van der Waals surface area (Å²) in [6.45, 7) is 4.13. The van der Waals surface area contributed by atoms with E-state index >= 15 is 0 Å². The summed E-state index contributed by atoms with van der Waals surface area (Å²) in [5.41, 5.74) is 17.0.